The highest BCUT2D eigenvalue weighted by Crippen LogP contribution is 2.29. The summed E-state index contributed by atoms with van der Waals surface area (Å²) in [5.41, 5.74) is 0. The Morgan fingerprint density at radius 2 is 2.58 bits per heavy atom. The van der Waals surface area contributed by atoms with Crippen LogP contribution < -0.4 is 5.06 Å². The number of nitrogens with zero attached hydrogens (tertiary/aromatic N) is 2. The summed E-state index contributed by atoms with van der Waals surface area (Å²) in [5, 5.41) is 4.86. The first-order valence-corrected chi connectivity index (χ1v) is 5.13. The molecule has 0 saturated heterocycles. The molecule has 1 aliphatic heterocycles. The van der Waals surface area contributed by atoms with Gasteiger partial charge < -0.3 is 4.84 Å². The molecule has 1 aliphatic rings. The Balaban J connectivity index is 2.13. The topological polar surface area (TPSA) is 24.8 Å². The van der Waals surface area contributed by atoms with Crippen molar-refractivity contribution in [1.29, 1.82) is 0 Å². The maximum absolute atomic E-state index is 5.33. The molecule has 0 saturated carbocycles. The average Bonchev–Trinajstić information content (AvgIpc) is 2.58. The van der Waals surface area contributed by atoms with E-state index in [1.807, 2.05) is 18.4 Å². The highest BCUT2D eigenvalue weighted by Gasteiger charge is 2.15. The minimum Gasteiger partial charge on any atom is -0.362 e. The lowest BCUT2D eigenvalue weighted by atomic mass is 10.6. The molecule has 2 heterocycles. The fourth-order valence-electron chi connectivity index (χ4n) is 0.929. The van der Waals surface area contributed by atoms with E-state index in [2.05, 4.69) is 20.9 Å². The highest BCUT2D eigenvalue weighted by atomic mass is 79.9. The van der Waals surface area contributed by atoms with Gasteiger partial charge >= 0.3 is 0 Å². The molecule has 5 heteroatoms. The van der Waals surface area contributed by atoms with E-state index in [0.717, 1.165) is 15.4 Å². The van der Waals surface area contributed by atoms with Gasteiger partial charge in [0.15, 0.2) is 6.67 Å². The zero-order chi connectivity index (χ0) is 8.55. The van der Waals surface area contributed by atoms with E-state index in [4.69, 9.17) is 4.84 Å². The average molecular weight is 247 g/mol. The first-order chi connectivity index (χ1) is 5.75. The van der Waals surface area contributed by atoms with E-state index in [-0.39, 0.29) is 0 Å². The standard InChI is InChI=1S/C7H7BrN2OS/c1-5-9-4-10(11-5)7-2-6(8)3-12-7/h2-3H,4H2,1H3. The molecule has 0 amide bonds. The maximum atomic E-state index is 5.33. The minimum absolute atomic E-state index is 0.596. The third kappa shape index (κ3) is 1.47. The number of hydroxylamine groups is 1. The molecule has 64 valence electrons. The summed E-state index contributed by atoms with van der Waals surface area (Å²) >= 11 is 5.01. The van der Waals surface area contributed by atoms with Gasteiger partial charge in [-0.3, -0.25) is 0 Å². The van der Waals surface area contributed by atoms with Crippen LogP contribution in [0.4, 0.5) is 5.00 Å². The first-order valence-electron chi connectivity index (χ1n) is 3.46. The summed E-state index contributed by atoms with van der Waals surface area (Å²) in [6.45, 7) is 2.45. The van der Waals surface area contributed by atoms with E-state index in [0.29, 0.717) is 6.67 Å². The molecule has 12 heavy (non-hydrogen) atoms. The van der Waals surface area contributed by atoms with Crippen molar-refractivity contribution in [2.75, 3.05) is 11.7 Å². The van der Waals surface area contributed by atoms with Crippen molar-refractivity contribution in [3.8, 4) is 0 Å². The van der Waals surface area contributed by atoms with Crippen LogP contribution >= 0.6 is 27.3 Å². The molecule has 0 spiro atoms. The van der Waals surface area contributed by atoms with Gasteiger partial charge in [0.25, 0.3) is 0 Å². The van der Waals surface area contributed by atoms with Crippen molar-refractivity contribution in [3.63, 3.8) is 0 Å². The number of aliphatic imine (C=N–C) groups is 1. The number of halogens is 1. The van der Waals surface area contributed by atoms with Crippen molar-refractivity contribution >= 4 is 38.2 Å². The van der Waals surface area contributed by atoms with Crippen LogP contribution in [0.3, 0.4) is 0 Å². The molecular formula is C7H7BrN2OS. The van der Waals surface area contributed by atoms with Crippen molar-refractivity contribution in [2.24, 2.45) is 4.99 Å². The van der Waals surface area contributed by atoms with Crippen LogP contribution in [0.2, 0.25) is 0 Å². The number of hydrogen-bond acceptors (Lipinski definition) is 4. The van der Waals surface area contributed by atoms with Gasteiger partial charge in [0.05, 0.1) is 0 Å². The predicted octanol–water partition coefficient (Wildman–Crippen LogP) is 2.64. The molecule has 0 aliphatic carbocycles. The second-order valence-electron chi connectivity index (χ2n) is 2.39. The van der Waals surface area contributed by atoms with Crippen molar-refractivity contribution in [2.45, 2.75) is 6.92 Å². The van der Waals surface area contributed by atoms with Crippen LogP contribution in [0.1, 0.15) is 6.92 Å². The summed E-state index contributed by atoms with van der Waals surface area (Å²) in [6, 6.07) is 2.01. The Bertz CT molecular complexity index is 323. The van der Waals surface area contributed by atoms with Crippen LogP contribution in [0.25, 0.3) is 0 Å². The quantitative estimate of drug-likeness (QED) is 0.762. The number of anilines is 1. The van der Waals surface area contributed by atoms with Gasteiger partial charge in [-0.25, -0.2) is 4.99 Å². The van der Waals surface area contributed by atoms with Gasteiger partial charge in [-0.2, -0.15) is 5.06 Å². The smallest absolute Gasteiger partial charge is 0.216 e. The summed E-state index contributed by atoms with van der Waals surface area (Å²) < 4.78 is 1.08. The van der Waals surface area contributed by atoms with Crippen LogP contribution in [0, 0.1) is 0 Å². The fraction of sp³-hybridized carbons (Fsp3) is 0.286. The summed E-state index contributed by atoms with van der Waals surface area (Å²) in [4.78, 5) is 9.45. The van der Waals surface area contributed by atoms with E-state index in [1.54, 1.807) is 16.4 Å². The van der Waals surface area contributed by atoms with Gasteiger partial charge in [-0.1, -0.05) is 0 Å². The normalized spacial score (nSPS) is 16.2. The molecular weight excluding hydrogens is 240 g/mol. The molecule has 2 rings (SSSR count). The molecule has 3 nitrogen and oxygen atoms in total. The Morgan fingerprint density at radius 1 is 1.75 bits per heavy atom. The van der Waals surface area contributed by atoms with Gasteiger partial charge in [-0.15, -0.1) is 11.3 Å². The lowest BCUT2D eigenvalue weighted by Gasteiger charge is -2.12. The molecule has 0 aromatic carbocycles. The van der Waals surface area contributed by atoms with Crippen LogP contribution in [-0.4, -0.2) is 12.6 Å². The van der Waals surface area contributed by atoms with Gasteiger partial charge in [0.1, 0.15) is 5.00 Å². The van der Waals surface area contributed by atoms with Crippen molar-refractivity contribution in [1.82, 2.24) is 0 Å². The monoisotopic (exact) mass is 246 g/mol. The second-order valence-corrected chi connectivity index (χ2v) is 4.20. The molecule has 0 bridgehead atoms. The summed E-state index contributed by atoms with van der Waals surface area (Å²) in [5.74, 6) is 0.722. The Labute approximate surface area is 82.8 Å². The summed E-state index contributed by atoms with van der Waals surface area (Å²) in [7, 11) is 0. The van der Waals surface area contributed by atoms with Crippen LogP contribution in [0.5, 0.6) is 0 Å². The van der Waals surface area contributed by atoms with E-state index in [1.165, 1.54) is 0 Å². The zero-order valence-electron chi connectivity index (χ0n) is 6.45. The zero-order valence-corrected chi connectivity index (χ0v) is 8.85. The largest absolute Gasteiger partial charge is 0.362 e. The fourth-order valence-corrected chi connectivity index (χ4v) is 2.29. The van der Waals surface area contributed by atoms with Crippen LogP contribution in [0.15, 0.2) is 20.9 Å². The highest BCUT2D eigenvalue weighted by molar-refractivity contribution is 9.10. The molecule has 0 N–H and O–H groups in total. The van der Waals surface area contributed by atoms with Crippen LogP contribution in [-0.2, 0) is 4.84 Å². The van der Waals surface area contributed by atoms with E-state index >= 15 is 0 Å². The SMILES string of the molecule is CC1=NCN(c2cc(Br)cs2)O1. The predicted molar refractivity (Wildman–Crippen MR) is 53.6 cm³/mol. The van der Waals surface area contributed by atoms with Gasteiger partial charge in [0, 0.05) is 16.8 Å². The van der Waals surface area contributed by atoms with E-state index < -0.39 is 0 Å². The maximum Gasteiger partial charge on any atom is 0.216 e. The minimum atomic E-state index is 0.596. The van der Waals surface area contributed by atoms with Gasteiger partial charge in [-0.05, 0) is 22.0 Å². The third-order valence-corrected chi connectivity index (χ3v) is 3.16. The molecule has 0 atom stereocenters. The second kappa shape index (κ2) is 3.06. The Morgan fingerprint density at radius 3 is 3.08 bits per heavy atom. The summed E-state index contributed by atoms with van der Waals surface area (Å²) in [6.07, 6.45) is 0. The van der Waals surface area contributed by atoms with Gasteiger partial charge in [0.2, 0.25) is 5.90 Å². The number of rotatable bonds is 1. The Hall–Kier alpha value is -0.550. The Kier molecular flexibility index (Phi) is 2.06. The third-order valence-electron chi connectivity index (χ3n) is 1.46. The van der Waals surface area contributed by atoms with E-state index in [9.17, 15) is 0 Å². The number of hydrogen-bond donors (Lipinski definition) is 0. The first kappa shape index (κ1) is 8.07. The number of thiophene rings is 1. The molecule has 0 fully saturated rings. The molecule has 0 unspecified atom stereocenters. The van der Waals surface area contributed by atoms with Crippen molar-refractivity contribution in [3.05, 3.63) is 15.9 Å². The molecule has 1 aromatic rings. The lowest BCUT2D eigenvalue weighted by molar-refractivity contribution is 0.299. The molecule has 1 aromatic heterocycles. The lowest BCUT2D eigenvalue weighted by Crippen LogP contribution is -2.17. The van der Waals surface area contributed by atoms with Crippen molar-refractivity contribution < 1.29 is 4.84 Å². The molecule has 0 radical (unpaired) electrons.